The second-order valence-electron chi connectivity index (χ2n) is 5.04. The highest BCUT2D eigenvalue weighted by Gasteiger charge is 2.32. The second kappa shape index (κ2) is 8.24. The summed E-state index contributed by atoms with van der Waals surface area (Å²) in [6.07, 6.45) is 0. The Morgan fingerprint density at radius 2 is 1.54 bits per heavy atom. The molecule has 0 N–H and O–H groups in total. The minimum Gasteiger partial charge on any atom is -0.465 e. The van der Waals surface area contributed by atoms with Crippen molar-refractivity contribution in [1.29, 1.82) is 0 Å². The van der Waals surface area contributed by atoms with Gasteiger partial charge in [-0.2, -0.15) is 0 Å². The van der Waals surface area contributed by atoms with Crippen molar-refractivity contribution in [3.63, 3.8) is 0 Å². The molecule has 24 heavy (non-hydrogen) atoms. The Balaban J connectivity index is 2.39. The van der Waals surface area contributed by atoms with Crippen molar-refractivity contribution in [2.75, 3.05) is 13.2 Å². The average molecular weight is 330 g/mol. The zero-order chi connectivity index (χ0) is 17.5. The van der Waals surface area contributed by atoms with E-state index in [1.807, 2.05) is 18.2 Å². The molecule has 0 aliphatic carbocycles. The largest absolute Gasteiger partial charge is 0.465 e. The summed E-state index contributed by atoms with van der Waals surface area (Å²) < 4.78 is 24.3. The first-order valence-electron chi connectivity index (χ1n) is 7.76. The Labute approximate surface area is 140 Å². The third-order valence-corrected chi connectivity index (χ3v) is 3.46. The summed E-state index contributed by atoms with van der Waals surface area (Å²) in [6.45, 7) is 3.52. The van der Waals surface area contributed by atoms with Crippen LogP contribution in [0.15, 0.2) is 48.5 Å². The van der Waals surface area contributed by atoms with E-state index in [2.05, 4.69) is 0 Å². The molecule has 0 unspecified atom stereocenters. The predicted molar refractivity (Wildman–Crippen MR) is 87.8 cm³/mol. The first-order chi connectivity index (χ1) is 11.6. The molecule has 0 saturated heterocycles. The summed E-state index contributed by atoms with van der Waals surface area (Å²) >= 11 is 0. The summed E-state index contributed by atoms with van der Waals surface area (Å²) in [6, 6.07) is 13.3. The van der Waals surface area contributed by atoms with E-state index in [1.165, 1.54) is 6.07 Å². The normalized spacial score (nSPS) is 10.5. The van der Waals surface area contributed by atoms with Crippen molar-refractivity contribution in [1.82, 2.24) is 0 Å². The molecule has 0 heterocycles. The van der Waals surface area contributed by atoms with Gasteiger partial charge in [-0.15, -0.1) is 0 Å². The van der Waals surface area contributed by atoms with Crippen LogP contribution in [0.3, 0.4) is 0 Å². The molecule has 4 nitrogen and oxygen atoms in total. The summed E-state index contributed by atoms with van der Waals surface area (Å²) in [4.78, 5) is 24.2. The van der Waals surface area contributed by atoms with Gasteiger partial charge in [-0.1, -0.05) is 42.5 Å². The van der Waals surface area contributed by atoms with Crippen LogP contribution in [0.1, 0.15) is 25.3 Å². The number of carbonyl (C=O) groups is 2. The van der Waals surface area contributed by atoms with Gasteiger partial charge in [-0.05, 0) is 31.0 Å². The average Bonchev–Trinajstić information content (AvgIpc) is 2.56. The fraction of sp³-hybridized carbons (Fsp3) is 0.263. The molecule has 126 valence electrons. The lowest BCUT2D eigenvalue weighted by Crippen LogP contribution is -2.26. The van der Waals surface area contributed by atoms with Crippen molar-refractivity contribution in [2.45, 2.75) is 19.8 Å². The second-order valence-corrected chi connectivity index (χ2v) is 5.04. The third kappa shape index (κ3) is 3.98. The number of hydrogen-bond acceptors (Lipinski definition) is 4. The number of halogens is 1. The fourth-order valence-electron chi connectivity index (χ4n) is 2.38. The molecular weight excluding hydrogens is 311 g/mol. The van der Waals surface area contributed by atoms with Gasteiger partial charge in [0, 0.05) is 5.56 Å². The minimum absolute atomic E-state index is 0.124. The zero-order valence-corrected chi connectivity index (χ0v) is 13.6. The monoisotopic (exact) mass is 330 g/mol. The van der Waals surface area contributed by atoms with Crippen LogP contribution in [0.2, 0.25) is 0 Å². The predicted octanol–water partition coefficient (Wildman–Crippen LogP) is 3.70. The van der Waals surface area contributed by atoms with Gasteiger partial charge in [-0.25, -0.2) is 4.39 Å². The molecule has 0 radical (unpaired) electrons. The Bertz CT molecular complexity index is 695. The lowest BCUT2D eigenvalue weighted by atomic mass is 9.95. The van der Waals surface area contributed by atoms with Crippen LogP contribution in [0.4, 0.5) is 4.39 Å². The van der Waals surface area contributed by atoms with Gasteiger partial charge in [0.1, 0.15) is 5.82 Å². The highest BCUT2D eigenvalue weighted by atomic mass is 19.1. The first-order valence-corrected chi connectivity index (χ1v) is 7.76. The number of carbonyl (C=O) groups excluding carboxylic acids is 2. The van der Waals surface area contributed by atoms with Gasteiger partial charge in [0.2, 0.25) is 0 Å². The Kier molecular flexibility index (Phi) is 6.07. The Morgan fingerprint density at radius 3 is 2.04 bits per heavy atom. The molecule has 0 atom stereocenters. The molecule has 2 aromatic rings. The van der Waals surface area contributed by atoms with Crippen LogP contribution in [0.25, 0.3) is 11.1 Å². The van der Waals surface area contributed by atoms with Crippen LogP contribution in [0, 0.1) is 5.82 Å². The number of ether oxygens (including phenoxy) is 2. The molecular formula is C19H19FO4. The SMILES string of the molecule is CCOC(=O)C(C(=O)OCC)c1ccc(-c2ccccc2)c(F)c1. The van der Waals surface area contributed by atoms with Crippen molar-refractivity contribution < 1.29 is 23.5 Å². The topological polar surface area (TPSA) is 52.6 Å². The fourth-order valence-corrected chi connectivity index (χ4v) is 2.38. The molecule has 2 aromatic carbocycles. The van der Waals surface area contributed by atoms with Gasteiger partial charge in [0.15, 0.2) is 5.92 Å². The number of benzene rings is 2. The van der Waals surface area contributed by atoms with E-state index < -0.39 is 23.7 Å². The molecule has 0 saturated carbocycles. The van der Waals surface area contributed by atoms with Crippen LogP contribution in [-0.2, 0) is 19.1 Å². The van der Waals surface area contributed by atoms with Crippen molar-refractivity contribution in [3.8, 4) is 11.1 Å². The quantitative estimate of drug-likeness (QED) is 0.598. The van der Waals surface area contributed by atoms with Gasteiger partial charge in [0.05, 0.1) is 13.2 Å². The molecule has 0 fully saturated rings. The number of esters is 2. The lowest BCUT2D eigenvalue weighted by Gasteiger charge is -2.15. The maximum Gasteiger partial charge on any atom is 0.324 e. The van der Waals surface area contributed by atoms with E-state index >= 15 is 0 Å². The van der Waals surface area contributed by atoms with Gasteiger partial charge in [-0.3, -0.25) is 9.59 Å². The van der Waals surface area contributed by atoms with E-state index in [0.29, 0.717) is 11.1 Å². The Morgan fingerprint density at radius 1 is 0.958 bits per heavy atom. The minimum atomic E-state index is -1.29. The van der Waals surface area contributed by atoms with Crippen LogP contribution in [0.5, 0.6) is 0 Å². The first kappa shape index (κ1) is 17.7. The smallest absolute Gasteiger partial charge is 0.324 e. The van der Waals surface area contributed by atoms with Gasteiger partial charge in [0.25, 0.3) is 0 Å². The molecule has 0 spiro atoms. The van der Waals surface area contributed by atoms with E-state index in [9.17, 15) is 14.0 Å². The van der Waals surface area contributed by atoms with E-state index in [4.69, 9.17) is 9.47 Å². The van der Waals surface area contributed by atoms with Crippen molar-refractivity contribution in [3.05, 3.63) is 59.9 Å². The molecule has 0 amide bonds. The summed E-state index contributed by atoms with van der Waals surface area (Å²) in [5.41, 5.74) is 1.32. The maximum absolute atomic E-state index is 14.5. The van der Waals surface area contributed by atoms with Gasteiger partial charge >= 0.3 is 11.9 Å². The third-order valence-electron chi connectivity index (χ3n) is 3.46. The van der Waals surface area contributed by atoms with Gasteiger partial charge < -0.3 is 9.47 Å². The standard InChI is InChI=1S/C19H19FO4/c1-3-23-18(21)17(19(22)24-4-2)14-10-11-15(16(20)12-14)13-8-6-5-7-9-13/h5-12,17H,3-4H2,1-2H3. The van der Waals surface area contributed by atoms with E-state index in [-0.39, 0.29) is 18.8 Å². The van der Waals surface area contributed by atoms with E-state index in [0.717, 1.165) is 0 Å². The Hall–Kier alpha value is -2.69. The van der Waals surface area contributed by atoms with Crippen LogP contribution < -0.4 is 0 Å². The highest BCUT2D eigenvalue weighted by Crippen LogP contribution is 2.27. The van der Waals surface area contributed by atoms with Crippen molar-refractivity contribution >= 4 is 11.9 Å². The van der Waals surface area contributed by atoms with Crippen LogP contribution in [-0.4, -0.2) is 25.2 Å². The molecule has 0 aliphatic heterocycles. The molecule has 5 heteroatoms. The summed E-state index contributed by atoms with van der Waals surface area (Å²) in [5, 5.41) is 0. The zero-order valence-electron chi connectivity index (χ0n) is 13.6. The van der Waals surface area contributed by atoms with Crippen molar-refractivity contribution in [2.24, 2.45) is 0 Å². The number of hydrogen-bond donors (Lipinski definition) is 0. The molecule has 0 aliphatic rings. The lowest BCUT2D eigenvalue weighted by molar-refractivity contribution is -0.156. The van der Waals surface area contributed by atoms with E-state index in [1.54, 1.807) is 38.1 Å². The molecule has 2 rings (SSSR count). The summed E-state index contributed by atoms with van der Waals surface area (Å²) in [5.74, 6) is -3.30. The summed E-state index contributed by atoms with van der Waals surface area (Å²) in [7, 11) is 0. The van der Waals surface area contributed by atoms with Crippen LogP contribution >= 0.6 is 0 Å². The molecule has 0 bridgehead atoms. The number of rotatable bonds is 6. The molecule has 0 aromatic heterocycles. The highest BCUT2D eigenvalue weighted by molar-refractivity contribution is 6.01. The maximum atomic E-state index is 14.5.